The van der Waals surface area contributed by atoms with Crippen LogP contribution in [0, 0.1) is 5.41 Å². The highest BCUT2D eigenvalue weighted by Crippen LogP contribution is 2.28. The lowest BCUT2D eigenvalue weighted by molar-refractivity contribution is 0.180. The van der Waals surface area contributed by atoms with E-state index in [4.69, 9.17) is 4.74 Å². The summed E-state index contributed by atoms with van der Waals surface area (Å²) in [5.74, 6) is 0.968. The second-order valence-corrected chi connectivity index (χ2v) is 7.08. The first-order chi connectivity index (χ1) is 9.35. The second kappa shape index (κ2) is 7.68. The van der Waals surface area contributed by atoms with Crippen molar-refractivity contribution in [3.8, 4) is 5.75 Å². The van der Waals surface area contributed by atoms with Crippen molar-refractivity contribution in [2.75, 3.05) is 13.2 Å². The summed E-state index contributed by atoms with van der Waals surface area (Å²) >= 11 is 0. The minimum Gasteiger partial charge on any atom is -0.494 e. The molecule has 0 radical (unpaired) electrons. The summed E-state index contributed by atoms with van der Waals surface area (Å²) < 4.78 is 5.85. The normalized spacial score (nSPS) is 14.8. The summed E-state index contributed by atoms with van der Waals surface area (Å²) in [6.45, 7) is 13.1. The first kappa shape index (κ1) is 17.0. The molecular formula is C18H31NO. The van der Waals surface area contributed by atoms with Crippen LogP contribution in [0.25, 0.3) is 0 Å². The van der Waals surface area contributed by atoms with Gasteiger partial charge in [-0.15, -0.1) is 0 Å². The molecule has 1 unspecified atom stereocenters. The largest absolute Gasteiger partial charge is 0.494 e. The Labute approximate surface area is 124 Å². The van der Waals surface area contributed by atoms with Crippen molar-refractivity contribution in [3.63, 3.8) is 0 Å². The molecule has 1 aromatic rings. The molecule has 0 aliphatic heterocycles. The van der Waals surface area contributed by atoms with Crippen LogP contribution in [0.2, 0.25) is 0 Å². The van der Waals surface area contributed by atoms with Crippen LogP contribution in [0.3, 0.4) is 0 Å². The number of rotatable bonds is 8. The van der Waals surface area contributed by atoms with Gasteiger partial charge in [-0.2, -0.15) is 0 Å². The van der Waals surface area contributed by atoms with E-state index in [1.165, 1.54) is 12.8 Å². The van der Waals surface area contributed by atoms with E-state index in [0.717, 1.165) is 25.3 Å². The SMILES string of the molecule is CCCC(C)(CCOc1ccccc1)CNC(C)(C)C. The molecule has 0 saturated carbocycles. The van der Waals surface area contributed by atoms with Crippen LogP contribution in [0.4, 0.5) is 0 Å². The zero-order chi connectivity index (χ0) is 15.1. The van der Waals surface area contributed by atoms with Crippen LogP contribution >= 0.6 is 0 Å². The highest BCUT2D eigenvalue weighted by molar-refractivity contribution is 5.20. The van der Waals surface area contributed by atoms with Gasteiger partial charge in [0.1, 0.15) is 5.75 Å². The van der Waals surface area contributed by atoms with Gasteiger partial charge in [-0.25, -0.2) is 0 Å². The van der Waals surface area contributed by atoms with E-state index in [-0.39, 0.29) is 5.54 Å². The van der Waals surface area contributed by atoms with Gasteiger partial charge in [0.15, 0.2) is 0 Å². The summed E-state index contributed by atoms with van der Waals surface area (Å²) in [6.07, 6.45) is 3.53. The van der Waals surface area contributed by atoms with Gasteiger partial charge in [0, 0.05) is 12.1 Å². The number of ether oxygens (including phenoxy) is 1. The van der Waals surface area contributed by atoms with E-state index in [1.54, 1.807) is 0 Å². The monoisotopic (exact) mass is 277 g/mol. The average molecular weight is 277 g/mol. The second-order valence-electron chi connectivity index (χ2n) is 7.08. The van der Waals surface area contributed by atoms with Crippen LogP contribution in [0.1, 0.15) is 53.9 Å². The lowest BCUT2D eigenvalue weighted by Crippen LogP contribution is -2.43. The maximum atomic E-state index is 5.85. The Balaban J connectivity index is 2.45. The predicted octanol–water partition coefficient (Wildman–Crippen LogP) is 4.65. The van der Waals surface area contributed by atoms with Gasteiger partial charge < -0.3 is 10.1 Å². The van der Waals surface area contributed by atoms with Gasteiger partial charge in [-0.3, -0.25) is 0 Å². The van der Waals surface area contributed by atoms with E-state index >= 15 is 0 Å². The Bertz CT molecular complexity index is 369. The minimum absolute atomic E-state index is 0.176. The fourth-order valence-electron chi connectivity index (χ4n) is 2.32. The topological polar surface area (TPSA) is 21.3 Å². The first-order valence-corrected chi connectivity index (χ1v) is 7.77. The van der Waals surface area contributed by atoms with Gasteiger partial charge in [-0.05, 0) is 51.2 Å². The molecule has 0 aromatic heterocycles. The summed E-state index contributed by atoms with van der Waals surface area (Å²) in [5, 5.41) is 3.64. The van der Waals surface area contributed by atoms with Gasteiger partial charge in [-0.1, -0.05) is 38.5 Å². The molecule has 0 fully saturated rings. The minimum atomic E-state index is 0.176. The van der Waals surface area contributed by atoms with Crippen LogP contribution in [-0.2, 0) is 0 Å². The van der Waals surface area contributed by atoms with Gasteiger partial charge in [0.2, 0.25) is 0 Å². The van der Waals surface area contributed by atoms with Crippen molar-refractivity contribution >= 4 is 0 Å². The molecule has 0 aliphatic carbocycles. The summed E-state index contributed by atoms with van der Waals surface area (Å²) in [4.78, 5) is 0. The smallest absolute Gasteiger partial charge is 0.119 e. The van der Waals surface area contributed by atoms with Gasteiger partial charge in [0.25, 0.3) is 0 Å². The summed E-state index contributed by atoms with van der Waals surface area (Å²) in [7, 11) is 0. The van der Waals surface area contributed by atoms with E-state index in [2.05, 4.69) is 39.9 Å². The Morgan fingerprint density at radius 2 is 1.65 bits per heavy atom. The zero-order valence-corrected chi connectivity index (χ0v) is 13.8. The molecule has 1 aromatic carbocycles. The molecule has 0 heterocycles. The quantitative estimate of drug-likeness (QED) is 0.747. The van der Waals surface area contributed by atoms with Crippen LogP contribution < -0.4 is 10.1 Å². The highest BCUT2D eigenvalue weighted by atomic mass is 16.5. The van der Waals surface area contributed by atoms with Crippen molar-refractivity contribution in [2.45, 2.75) is 59.4 Å². The number of nitrogens with one attached hydrogen (secondary N) is 1. The predicted molar refractivity (Wildman–Crippen MR) is 87.3 cm³/mol. The fourth-order valence-corrected chi connectivity index (χ4v) is 2.32. The molecule has 1 N–H and O–H groups in total. The molecule has 2 heteroatoms. The molecule has 0 saturated heterocycles. The maximum Gasteiger partial charge on any atom is 0.119 e. The van der Waals surface area contributed by atoms with Crippen LogP contribution in [0.15, 0.2) is 30.3 Å². The summed E-state index contributed by atoms with van der Waals surface area (Å²) in [6, 6.07) is 10.1. The zero-order valence-electron chi connectivity index (χ0n) is 13.8. The number of hydrogen-bond acceptors (Lipinski definition) is 2. The van der Waals surface area contributed by atoms with Crippen LogP contribution in [0.5, 0.6) is 5.75 Å². The third-order valence-corrected chi connectivity index (χ3v) is 3.62. The summed E-state index contributed by atoms with van der Waals surface area (Å²) in [5.41, 5.74) is 0.478. The number of benzene rings is 1. The van der Waals surface area contributed by atoms with E-state index in [9.17, 15) is 0 Å². The molecule has 1 atom stereocenters. The van der Waals surface area contributed by atoms with E-state index in [0.29, 0.717) is 5.41 Å². The molecule has 0 amide bonds. The third-order valence-electron chi connectivity index (χ3n) is 3.62. The lowest BCUT2D eigenvalue weighted by Gasteiger charge is -2.33. The standard InChI is InChI=1S/C18H31NO/c1-6-12-18(5,15-19-17(2,3)4)13-14-20-16-10-8-7-9-11-16/h7-11,19H,6,12-15H2,1-5H3. The first-order valence-electron chi connectivity index (χ1n) is 7.77. The van der Waals surface area contributed by atoms with E-state index in [1.807, 2.05) is 30.3 Å². The maximum absolute atomic E-state index is 5.85. The fraction of sp³-hybridized carbons (Fsp3) is 0.667. The molecule has 0 aliphatic rings. The molecule has 114 valence electrons. The van der Waals surface area contributed by atoms with Crippen LogP contribution in [-0.4, -0.2) is 18.7 Å². The van der Waals surface area contributed by atoms with Crippen molar-refractivity contribution in [1.82, 2.24) is 5.32 Å². The van der Waals surface area contributed by atoms with Crippen molar-refractivity contribution in [2.24, 2.45) is 5.41 Å². The van der Waals surface area contributed by atoms with E-state index < -0.39 is 0 Å². The number of para-hydroxylation sites is 1. The molecular weight excluding hydrogens is 246 g/mol. The average Bonchev–Trinajstić information content (AvgIpc) is 2.37. The molecule has 1 rings (SSSR count). The Morgan fingerprint density at radius 3 is 2.20 bits per heavy atom. The van der Waals surface area contributed by atoms with Crippen molar-refractivity contribution in [1.29, 1.82) is 0 Å². The van der Waals surface area contributed by atoms with Crippen molar-refractivity contribution in [3.05, 3.63) is 30.3 Å². The Kier molecular flexibility index (Phi) is 6.54. The lowest BCUT2D eigenvalue weighted by atomic mass is 9.82. The molecule has 2 nitrogen and oxygen atoms in total. The Morgan fingerprint density at radius 1 is 1.00 bits per heavy atom. The van der Waals surface area contributed by atoms with Crippen molar-refractivity contribution < 1.29 is 4.74 Å². The molecule has 20 heavy (non-hydrogen) atoms. The molecule has 0 spiro atoms. The Hall–Kier alpha value is -1.02. The third kappa shape index (κ3) is 6.95. The van der Waals surface area contributed by atoms with Gasteiger partial charge in [0.05, 0.1) is 6.61 Å². The van der Waals surface area contributed by atoms with Gasteiger partial charge >= 0.3 is 0 Å². The number of hydrogen-bond donors (Lipinski definition) is 1. The molecule has 0 bridgehead atoms. The highest BCUT2D eigenvalue weighted by Gasteiger charge is 2.25.